The summed E-state index contributed by atoms with van der Waals surface area (Å²) in [5, 5.41) is 2.75. The number of rotatable bonds is 6. The molecule has 0 aromatic heterocycles. The summed E-state index contributed by atoms with van der Waals surface area (Å²) in [4.78, 5) is 14.0. The molecule has 0 atom stereocenters. The van der Waals surface area contributed by atoms with Crippen LogP contribution in [0.15, 0.2) is 18.2 Å². The number of hydrogen-bond donors (Lipinski definition) is 1. The molecule has 1 N–H and O–H groups in total. The van der Waals surface area contributed by atoms with Crippen molar-refractivity contribution >= 4 is 5.91 Å². The van der Waals surface area contributed by atoms with E-state index in [0.29, 0.717) is 6.54 Å². The van der Waals surface area contributed by atoms with E-state index in [1.54, 1.807) is 12.1 Å². The lowest BCUT2D eigenvalue weighted by Gasteiger charge is -2.18. The van der Waals surface area contributed by atoms with Crippen molar-refractivity contribution in [2.45, 2.75) is 20.8 Å². The van der Waals surface area contributed by atoms with Gasteiger partial charge in [0.15, 0.2) is 0 Å². The average Bonchev–Trinajstić information content (AvgIpc) is 2.37. The van der Waals surface area contributed by atoms with Gasteiger partial charge in [0.1, 0.15) is 5.82 Å². The molecule has 1 aromatic carbocycles. The number of nitrogens with one attached hydrogen (secondary N) is 1. The molecule has 100 valence electrons. The van der Waals surface area contributed by atoms with Gasteiger partial charge in [-0.15, -0.1) is 0 Å². The zero-order valence-electron chi connectivity index (χ0n) is 11.3. The molecule has 1 aromatic rings. The highest BCUT2D eigenvalue weighted by Crippen LogP contribution is 2.09. The number of aryl methyl sites for hydroxylation is 1. The Morgan fingerprint density at radius 2 is 2.00 bits per heavy atom. The predicted octanol–water partition coefficient (Wildman–Crippen LogP) is 2.21. The Kier molecular flexibility index (Phi) is 5.78. The lowest BCUT2D eigenvalue weighted by molar-refractivity contribution is 0.0945. The van der Waals surface area contributed by atoms with Crippen molar-refractivity contribution in [3.63, 3.8) is 0 Å². The maximum atomic E-state index is 13.5. The molecule has 0 saturated heterocycles. The minimum Gasteiger partial charge on any atom is -0.351 e. The van der Waals surface area contributed by atoms with Crippen LogP contribution in [0.4, 0.5) is 4.39 Å². The van der Waals surface area contributed by atoms with Crippen molar-refractivity contribution in [3.05, 3.63) is 35.1 Å². The SMILES string of the molecule is CCN(CC)CCNC(=O)c1cc(C)ccc1F. The highest BCUT2D eigenvalue weighted by atomic mass is 19.1. The number of likely N-dealkylation sites (N-methyl/N-ethyl adjacent to an activating group) is 1. The molecule has 3 nitrogen and oxygen atoms in total. The highest BCUT2D eigenvalue weighted by molar-refractivity contribution is 5.94. The molecule has 0 spiro atoms. The molecule has 1 rings (SSSR count). The predicted molar refractivity (Wildman–Crippen MR) is 71.3 cm³/mol. The number of nitrogens with zero attached hydrogens (tertiary/aromatic N) is 1. The second-order valence-corrected chi connectivity index (χ2v) is 4.27. The largest absolute Gasteiger partial charge is 0.351 e. The summed E-state index contributed by atoms with van der Waals surface area (Å²) in [5.74, 6) is -0.815. The maximum Gasteiger partial charge on any atom is 0.254 e. The second-order valence-electron chi connectivity index (χ2n) is 4.27. The molecule has 0 aliphatic carbocycles. The summed E-state index contributed by atoms with van der Waals surface area (Å²) in [6, 6.07) is 4.55. The molecule has 0 saturated carbocycles. The van der Waals surface area contributed by atoms with Gasteiger partial charge in [0.05, 0.1) is 5.56 Å². The van der Waals surface area contributed by atoms with Crippen LogP contribution in [-0.2, 0) is 0 Å². The van der Waals surface area contributed by atoms with Crippen LogP contribution in [0.2, 0.25) is 0 Å². The third kappa shape index (κ3) is 4.11. The first-order chi connectivity index (χ1) is 8.58. The first-order valence-corrected chi connectivity index (χ1v) is 6.35. The summed E-state index contributed by atoms with van der Waals surface area (Å²) in [5.41, 5.74) is 1.000. The number of carbonyl (C=O) groups is 1. The monoisotopic (exact) mass is 252 g/mol. The summed E-state index contributed by atoms with van der Waals surface area (Å²) in [6.45, 7) is 9.21. The Labute approximate surface area is 108 Å². The maximum absolute atomic E-state index is 13.5. The lowest BCUT2D eigenvalue weighted by atomic mass is 10.1. The molecule has 0 bridgehead atoms. The van der Waals surface area contributed by atoms with Gasteiger partial charge in [-0.3, -0.25) is 4.79 Å². The van der Waals surface area contributed by atoms with Crippen LogP contribution in [0.1, 0.15) is 29.8 Å². The van der Waals surface area contributed by atoms with E-state index in [1.165, 1.54) is 6.07 Å². The van der Waals surface area contributed by atoms with Gasteiger partial charge in [-0.2, -0.15) is 0 Å². The summed E-state index contributed by atoms with van der Waals surface area (Å²) in [7, 11) is 0. The smallest absolute Gasteiger partial charge is 0.254 e. The van der Waals surface area contributed by atoms with Gasteiger partial charge < -0.3 is 10.2 Å². The van der Waals surface area contributed by atoms with Crippen LogP contribution in [0.3, 0.4) is 0 Å². The quantitative estimate of drug-likeness (QED) is 0.842. The van der Waals surface area contributed by atoms with E-state index in [4.69, 9.17) is 0 Å². The summed E-state index contributed by atoms with van der Waals surface area (Å²) >= 11 is 0. The van der Waals surface area contributed by atoms with E-state index in [0.717, 1.165) is 25.2 Å². The van der Waals surface area contributed by atoms with E-state index in [1.807, 2.05) is 6.92 Å². The third-order valence-electron chi connectivity index (χ3n) is 2.97. The van der Waals surface area contributed by atoms with Gasteiger partial charge in [-0.1, -0.05) is 25.5 Å². The molecule has 0 fully saturated rings. The van der Waals surface area contributed by atoms with Gasteiger partial charge in [-0.05, 0) is 32.1 Å². The van der Waals surface area contributed by atoms with Crippen molar-refractivity contribution in [3.8, 4) is 0 Å². The second kappa shape index (κ2) is 7.11. The van der Waals surface area contributed by atoms with Gasteiger partial charge in [-0.25, -0.2) is 4.39 Å². The fourth-order valence-electron chi connectivity index (χ4n) is 1.78. The van der Waals surface area contributed by atoms with Crippen LogP contribution in [0.5, 0.6) is 0 Å². The van der Waals surface area contributed by atoms with E-state index in [-0.39, 0.29) is 11.5 Å². The molecule has 0 unspecified atom stereocenters. The summed E-state index contributed by atoms with van der Waals surface area (Å²) < 4.78 is 13.5. The van der Waals surface area contributed by atoms with E-state index < -0.39 is 5.82 Å². The fraction of sp³-hybridized carbons (Fsp3) is 0.500. The van der Waals surface area contributed by atoms with Crippen LogP contribution in [0.25, 0.3) is 0 Å². The molecular weight excluding hydrogens is 231 g/mol. The molecule has 0 radical (unpaired) electrons. The Balaban J connectivity index is 2.53. The molecular formula is C14H21FN2O. The number of carbonyl (C=O) groups excluding carboxylic acids is 1. The zero-order chi connectivity index (χ0) is 13.5. The lowest BCUT2D eigenvalue weighted by Crippen LogP contribution is -2.35. The first-order valence-electron chi connectivity index (χ1n) is 6.35. The summed E-state index contributed by atoms with van der Waals surface area (Å²) in [6.07, 6.45) is 0. The van der Waals surface area contributed by atoms with Crippen LogP contribution >= 0.6 is 0 Å². The van der Waals surface area contributed by atoms with E-state index >= 15 is 0 Å². The van der Waals surface area contributed by atoms with Crippen molar-refractivity contribution in [2.24, 2.45) is 0 Å². The number of amides is 1. The minimum absolute atomic E-state index is 0.120. The Morgan fingerprint density at radius 1 is 1.33 bits per heavy atom. The molecule has 0 aliphatic heterocycles. The third-order valence-corrected chi connectivity index (χ3v) is 2.97. The topological polar surface area (TPSA) is 32.3 Å². The zero-order valence-corrected chi connectivity index (χ0v) is 11.3. The van der Waals surface area contributed by atoms with Crippen LogP contribution in [0, 0.1) is 12.7 Å². The normalized spacial score (nSPS) is 10.7. The molecule has 18 heavy (non-hydrogen) atoms. The Bertz CT molecular complexity index is 403. The minimum atomic E-state index is -0.471. The number of halogens is 1. The standard InChI is InChI=1S/C14H21FN2O/c1-4-17(5-2)9-8-16-14(18)12-10-11(3)6-7-13(12)15/h6-7,10H,4-5,8-9H2,1-3H3,(H,16,18). The Hall–Kier alpha value is -1.42. The molecule has 0 heterocycles. The van der Waals surface area contributed by atoms with E-state index in [2.05, 4.69) is 24.1 Å². The first kappa shape index (κ1) is 14.6. The van der Waals surface area contributed by atoms with Crippen molar-refractivity contribution < 1.29 is 9.18 Å². The Morgan fingerprint density at radius 3 is 2.61 bits per heavy atom. The highest BCUT2D eigenvalue weighted by Gasteiger charge is 2.11. The van der Waals surface area contributed by atoms with Gasteiger partial charge in [0, 0.05) is 13.1 Å². The molecule has 1 amide bonds. The van der Waals surface area contributed by atoms with Crippen molar-refractivity contribution in [1.82, 2.24) is 10.2 Å². The van der Waals surface area contributed by atoms with Crippen molar-refractivity contribution in [2.75, 3.05) is 26.2 Å². The average molecular weight is 252 g/mol. The fourth-order valence-corrected chi connectivity index (χ4v) is 1.78. The number of benzene rings is 1. The number of hydrogen-bond acceptors (Lipinski definition) is 2. The van der Waals surface area contributed by atoms with Gasteiger partial charge in [0.2, 0.25) is 0 Å². The van der Waals surface area contributed by atoms with Crippen molar-refractivity contribution in [1.29, 1.82) is 0 Å². The van der Waals surface area contributed by atoms with Crippen LogP contribution in [-0.4, -0.2) is 37.0 Å². The van der Waals surface area contributed by atoms with Crippen LogP contribution < -0.4 is 5.32 Å². The molecule has 0 aliphatic rings. The van der Waals surface area contributed by atoms with Gasteiger partial charge in [0.25, 0.3) is 5.91 Å². The van der Waals surface area contributed by atoms with E-state index in [9.17, 15) is 9.18 Å². The molecule has 4 heteroatoms. The van der Waals surface area contributed by atoms with Gasteiger partial charge >= 0.3 is 0 Å².